The van der Waals surface area contributed by atoms with Crippen LogP contribution in [0.3, 0.4) is 0 Å². The summed E-state index contributed by atoms with van der Waals surface area (Å²) in [6.45, 7) is 0.213. The summed E-state index contributed by atoms with van der Waals surface area (Å²) >= 11 is 3.31. The summed E-state index contributed by atoms with van der Waals surface area (Å²) in [6.07, 6.45) is 2.18. The van der Waals surface area contributed by atoms with Gasteiger partial charge in [-0.05, 0) is 36.6 Å². The lowest BCUT2D eigenvalue weighted by Crippen LogP contribution is -2.24. The van der Waals surface area contributed by atoms with Crippen LogP contribution in [0.5, 0.6) is 0 Å². The smallest absolute Gasteiger partial charge is 0.291 e. The first-order valence-electron chi connectivity index (χ1n) is 6.28. The van der Waals surface area contributed by atoms with Crippen molar-refractivity contribution < 1.29 is 9.18 Å². The Labute approximate surface area is 123 Å². The van der Waals surface area contributed by atoms with E-state index < -0.39 is 0 Å². The Kier molecular flexibility index (Phi) is 3.52. The molecule has 1 aromatic heterocycles. The van der Waals surface area contributed by atoms with E-state index in [0.29, 0.717) is 11.5 Å². The molecular formula is C13H12BrFN4O. The zero-order chi connectivity index (χ0) is 14.1. The van der Waals surface area contributed by atoms with E-state index >= 15 is 0 Å². The molecule has 1 saturated carbocycles. The van der Waals surface area contributed by atoms with Crippen molar-refractivity contribution in [2.75, 3.05) is 0 Å². The van der Waals surface area contributed by atoms with Gasteiger partial charge in [-0.15, -0.1) is 5.10 Å². The molecule has 1 aromatic carbocycles. The number of hydrogen-bond acceptors (Lipinski definition) is 3. The van der Waals surface area contributed by atoms with Gasteiger partial charge in [0.2, 0.25) is 5.82 Å². The third-order valence-corrected chi connectivity index (χ3v) is 3.89. The molecule has 7 heteroatoms. The third-order valence-electron chi connectivity index (χ3n) is 3.12. The average Bonchev–Trinajstić information content (AvgIpc) is 3.17. The standard InChI is InChI=1S/C13H12BrFN4O/c14-10-4-3-9(15)5-8(10)6-16-13(20)12-17-11(18-19-12)7-1-2-7/h3-5,7H,1-2,6H2,(H,16,20)(H,17,18,19). The summed E-state index contributed by atoms with van der Waals surface area (Å²) < 4.78 is 13.9. The van der Waals surface area contributed by atoms with Crippen molar-refractivity contribution in [3.05, 3.63) is 45.7 Å². The second kappa shape index (κ2) is 5.32. The van der Waals surface area contributed by atoms with Crippen molar-refractivity contribution in [2.24, 2.45) is 0 Å². The average molecular weight is 339 g/mol. The molecule has 0 saturated heterocycles. The highest BCUT2D eigenvalue weighted by Crippen LogP contribution is 2.37. The number of carbonyl (C=O) groups excluding carboxylic acids is 1. The van der Waals surface area contributed by atoms with Gasteiger partial charge < -0.3 is 5.32 Å². The Hall–Kier alpha value is -1.76. The van der Waals surface area contributed by atoms with Gasteiger partial charge in [-0.1, -0.05) is 15.9 Å². The first-order chi connectivity index (χ1) is 9.63. The van der Waals surface area contributed by atoms with E-state index in [1.807, 2.05) is 0 Å². The Balaban J connectivity index is 1.64. The van der Waals surface area contributed by atoms with Crippen LogP contribution in [0, 0.1) is 5.82 Å². The maximum atomic E-state index is 13.1. The number of halogens is 2. The second-order valence-corrected chi connectivity index (χ2v) is 5.59. The van der Waals surface area contributed by atoms with Crippen LogP contribution < -0.4 is 5.32 Å². The number of aromatic amines is 1. The van der Waals surface area contributed by atoms with E-state index in [1.165, 1.54) is 12.1 Å². The number of H-pyrrole nitrogens is 1. The van der Waals surface area contributed by atoms with Gasteiger partial charge in [0.25, 0.3) is 5.91 Å². The highest BCUT2D eigenvalue weighted by atomic mass is 79.9. The second-order valence-electron chi connectivity index (χ2n) is 4.74. The Bertz CT molecular complexity index is 654. The van der Waals surface area contributed by atoms with Crippen molar-refractivity contribution in [1.82, 2.24) is 20.5 Å². The molecule has 0 unspecified atom stereocenters. The maximum absolute atomic E-state index is 13.1. The maximum Gasteiger partial charge on any atom is 0.291 e. The quantitative estimate of drug-likeness (QED) is 0.899. The number of carbonyl (C=O) groups is 1. The van der Waals surface area contributed by atoms with Gasteiger partial charge in [-0.3, -0.25) is 9.89 Å². The fraction of sp³-hybridized carbons (Fsp3) is 0.308. The molecule has 20 heavy (non-hydrogen) atoms. The molecule has 5 nitrogen and oxygen atoms in total. The molecule has 2 N–H and O–H groups in total. The topological polar surface area (TPSA) is 70.7 Å². The zero-order valence-electron chi connectivity index (χ0n) is 10.5. The predicted octanol–water partition coefficient (Wildman–Crippen LogP) is 2.51. The minimum atomic E-state index is -0.371. The zero-order valence-corrected chi connectivity index (χ0v) is 12.1. The number of nitrogens with zero attached hydrogens (tertiary/aromatic N) is 2. The van der Waals surface area contributed by atoms with Gasteiger partial charge >= 0.3 is 0 Å². The molecule has 0 radical (unpaired) electrons. The summed E-state index contributed by atoms with van der Waals surface area (Å²) in [5.41, 5.74) is 0.663. The number of aromatic nitrogens is 3. The van der Waals surface area contributed by atoms with E-state index in [-0.39, 0.29) is 24.1 Å². The minimum Gasteiger partial charge on any atom is -0.345 e. The molecule has 1 amide bonds. The van der Waals surface area contributed by atoms with Crippen molar-refractivity contribution >= 4 is 21.8 Å². The summed E-state index contributed by atoms with van der Waals surface area (Å²) in [6, 6.07) is 4.33. The van der Waals surface area contributed by atoms with E-state index in [4.69, 9.17) is 0 Å². The summed E-state index contributed by atoms with van der Waals surface area (Å²) in [5, 5.41) is 9.35. The van der Waals surface area contributed by atoms with E-state index in [9.17, 15) is 9.18 Å². The minimum absolute atomic E-state index is 0.124. The molecule has 0 spiro atoms. The fourth-order valence-corrected chi connectivity index (χ4v) is 2.24. The highest BCUT2D eigenvalue weighted by molar-refractivity contribution is 9.10. The molecule has 2 aromatic rings. The van der Waals surface area contributed by atoms with Gasteiger partial charge in [-0.2, -0.15) is 0 Å². The van der Waals surface area contributed by atoms with Gasteiger partial charge in [0.15, 0.2) is 0 Å². The molecule has 1 aliphatic rings. The largest absolute Gasteiger partial charge is 0.345 e. The molecular weight excluding hydrogens is 327 g/mol. The lowest BCUT2D eigenvalue weighted by atomic mass is 10.2. The lowest BCUT2D eigenvalue weighted by molar-refractivity contribution is 0.0940. The van der Waals surface area contributed by atoms with Crippen LogP contribution in [0.25, 0.3) is 0 Å². The molecule has 0 aliphatic heterocycles. The van der Waals surface area contributed by atoms with Crippen LogP contribution in [-0.2, 0) is 6.54 Å². The summed E-state index contributed by atoms with van der Waals surface area (Å²) in [7, 11) is 0. The molecule has 0 bridgehead atoms. The van der Waals surface area contributed by atoms with E-state index in [2.05, 4.69) is 36.4 Å². The van der Waals surface area contributed by atoms with Crippen LogP contribution in [0.2, 0.25) is 0 Å². The van der Waals surface area contributed by atoms with Crippen molar-refractivity contribution in [1.29, 1.82) is 0 Å². The summed E-state index contributed by atoms with van der Waals surface area (Å²) in [5.74, 6) is 0.596. The molecule has 0 atom stereocenters. The SMILES string of the molecule is O=C(NCc1cc(F)ccc1Br)c1n[nH]c(C2CC2)n1. The van der Waals surface area contributed by atoms with Crippen LogP contribution in [0.1, 0.15) is 40.8 Å². The van der Waals surface area contributed by atoms with Crippen molar-refractivity contribution in [2.45, 2.75) is 25.3 Å². The van der Waals surface area contributed by atoms with Crippen molar-refractivity contribution in [3.8, 4) is 0 Å². The van der Waals surface area contributed by atoms with Gasteiger partial charge in [0.1, 0.15) is 11.6 Å². The first-order valence-corrected chi connectivity index (χ1v) is 7.07. The lowest BCUT2D eigenvalue weighted by Gasteiger charge is -2.05. The van der Waals surface area contributed by atoms with Gasteiger partial charge in [-0.25, -0.2) is 9.37 Å². The number of hydrogen-bond donors (Lipinski definition) is 2. The van der Waals surface area contributed by atoms with Gasteiger partial charge in [0, 0.05) is 16.9 Å². The summed E-state index contributed by atoms with van der Waals surface area (Å²) in [4.78, 5) is 16.1. The first kappa shape index (κ1) is 13.2. The van der Waals surface area contributed by atoms with Crippen LogP contribution in [0.4, 0.5) is 4.39 Å². The molecule has 104 valence electrons. The number of benzene rings is 1. The Morgan fingerprint density at radius 1 is 1.50 bits per heavy atom. The monoisotopic (exact) mass is 338 g/mol. The fourth-order valence-electron chi connectivity index (χ4n) is 1.85. The Morgan fingerprint density at radius 2 is 2.30 bits per heavy atom. The highest BCUT2D eigenvalue weighted by Gasteiger charge is 2.28. The normalized spacial score (nSPS) is 14.3. The number of amides is 1. The van der Waals surface area contributed by atoms with Crippen LogP contribution >= 0.6 is 15.9 Å². The molecule has 1 aliphatic carbocycles. The third kappa shape index (κ3) is 2.87. The number of nitrogens with one attached hydrogen (secondary N) is 2. The van der Waals surface area contributed by atoms with E-state index in [1.54, 1.807) is 6.07 Å². The predicted molar refractivity (Wildman–Crippen MR) is 73.6 cm³/mol. The van der Waals surface area contributed by atoms with Crippen LogP contribution in [-0.4, -0.2) is 21.1 Å². The van der Waals surface area contributed by atoms with Gasteiger partial charge in [0.05, 0.1) is 0 Å². The number of rotatable bonds is 4. The molecule has 3 rings (SSSR count). The van der Waals surface area contributed by atoms with Crippen LogP contribution in [0.15, 0.2) is 22.7 Å². The molecule has 1 heterocycles. The van der Waals surface area contributed by atoms with E-state index in [0.717, 1.165) is 23.1 Å². The van der Waals surface area contributed by atoms with Crippen molar-refractivity contribution in [3.63, 3.8) is 0 Å². The Morgan fingerprint density at radius 3 is 3.05 bits per heavy atom. The molecule has 1 fully saturated rings.